The lowest BCUT2D eigenvalue weighted by Gasteiger charge is -2.34. The fourth-order valence-corrected chi connectivity index (χ4v) is 5.87. The minimum Gasteiger partial charge on any atom is -0.462 e. The van der Waals surface area contributed by atoms with Gasteiger partial charge in [-0.15, -0.1) is 11.3 Å². The van der Waals surface area contributed by atoms with E-state index in [1.54, 1.807) is 11.3 Å². The second kappa shape index (κ2) is 9.40. The summed E-state index contributed by atoms with van der Waals surface area (Å²) in [5.41, 5.74) is 1.68. The van der Waals surface area contributed by atoms with Gasteiger partial charge in [0.25, 0.3) is 0 Å². The summed E-state index contributed by atoms with van der Waals surface area (Å²) >= 11 is 1.56. The van der Waals surface area contributed by atoms with Crippen LogP contribution in [0.1, 0.15) is 80.1 Å². The van der Waals surface area contributed by atoms with Crippen molar-refractivity contribution in [3.63, 3.8) is 0 Å². The molecule has 2 atom stereocenters. The maximum atomic E-state index is 13.0. The Kier molecular flexibility index (Phi) is 7.15. The lowest BCUT2D eigenvalue weighted by molar-refractivity contribution is -0.121. The van der Waals surface area contributed by atoms with Gasteiger partial charge < -0.3 is 10.1 Å². The summed E-state index contributed by atoms with van der Waals surface area (Å²) in [6.07, 6.45) is 9.03. The summed E-state index contributed by atoms with van der Waals surface area (Å²) in [5.74, 6) is 0.268. The molecule has 1 aromatic rings. The number of ether oxygens (including phenoxy) is 1. The van der Waals surface area contributed by atoms with Gasteiger partial charge in [0.05, 0.1) is 18.2 Å². The van der Waals surface area contributed by atoms with Gasteiger partial charge in [-0.25, -0.2) is 4.79 Å². The monoisotopic (exact) mass is 406 g/mol. The van der Waals surface area contributed by atoms with Crippen LogP contribution in [0.15, 0.2) is 0 Å². The van der Waals surface area contributed by atoms with Crippen molar-refractivity contribution in [1.29, 1.82) is 0 Å². The second-order valence-electron chi connectivity index (χ2n) is 8.40. The lowest BCUT2D eigenvalue weighted by Crippen LogP contribution is -2.46. The van der Waals surface area contributed by atoms with Crippen LogP contribution in [0.2, 0.25) is 0 Å². The van der Waals surface area contributed by atoms with E-state index in [0.717, 1.165) is 37.7 Å². The largest absolute Gasteiger partial charge is 0.462 e. The summed E-state index contributed by atoms with van der Waals surface area (Å²) in [6, 6.07) is 0.243. The first-order valence-electron chi connectivity index (χ1n) is 10.8. The molecule has 0 aliphatic heterocycles. The molecule has 156 valence electrons. The van der Waals surface area contributed by atoms with Gasteiger partial charge in [0.1, 0.15) is 5.00 Å². The Hall–Kier alpha value is -1.40. The molecule has 1 N–H and O–H groups in total. The molecule has 0 spiro atoms. The number of nitrogens with one attached hydrogen (secondary N) is 1. The van der Waals surface area contributed by atoms with Crippen molar-refractivity contribution in [2.45, 2.75) is 84.2 Å². The number of amides is 1. The molecule has 0 saturated heterocycles. The van der Waals surface area contributed by atoms with E-state index in [9.17, 15) is 9.59 Å². The van der Waals surface area contributed by atoms with Gasteiger partial charge in [-0.05, 0) is 64.5 Å². The van der Waals surface area contributed by atoms with Gasteiger partial charge in [0.2, 0.25) is 5.91 Å². The zero-order chi connectivity index (χ0) is 20.3. The molecule has 1 saturated carbocycles. The topological polar surface area (TPSA) is 58.6 Å². The fourth-order valence-electron chi connectivity index (χ4n) is 4.46. The number of likely N-dealkylation sites (N-methyl/N-ethyl adjacent to an activating group) is 1. The second-order valence-corrected chi connectivity index (χ2v) is 9.50. The van der Waals surface area contributed by atoms with Crippen LogP contribution < -0.4 is 5.32 Å². The van der Waals surface area contributed by atoms with Crippen LogP contribution >= 0.6 is 11.3 Å². The molecule has 0 radical (unpaired) electrons. The van der Waals surface area contributed by atoms with Gasteiger partial charge >= 0.3 is 5.97 Å². The number of rotatable bonds is 6. The smallest absolute Gasteiger partial charge is 0.341 e. The van der Waals surface area contributed by atoms with E-state index in [0.29, 0.717) is 29.1 Å². The van der Waals surface area contributed by atoms with E-state index in [4.69, 9.17) is 4.74 Å². The van der Waals surface area contributed by atoms with E-state index in [2.05, 4.69) is 17.1 Å². The number of carbonyl (C=O) groups excluding carboxylic acids is 2. The average Bonchev–Trinajstić information content (AvgIpc) is 3.04. The number of hydrogen-bond acceptors (Lipinski definition) is 5. The molecular weight excluding hydrogens is 372 g/mol. The number of nitrogens with zero attached hydrogens (tertiary/aromatic N) is 1. The molecule has 0 unspecified atom stereocenters. The van der Waals surface area contributed by atoms with Crippen LogP contribution in [-0.4, -0.2) is 42.5 Å². The Balaban J connectivity index is 1.78. The minimum absolute atomic E-state index is 0.0368. The first-order chi connectivity index (χ1) is 13.4. The Labute approximate surface area is 172 Å². The predicted molar refractivity (Wildman–Crippen MR) is 114 cm³/mol. The van der Waals surface area contributed by atoms with Crippen molar-refractivity contribution < 1.29 is 14.3 Å². The van der Waals surface area contributed by atoms with Gasteiger partial charge in [-0.1, -0.05) is 26.2 Å². The van der Waals surface area contributed by atoms with Crippen molar-refractivity contribution in [3.05, 3.63) is 16.0 Å². The van der Waals surface area contributed by atoms with Crippen LogP contribution in [0, 0.1) is 5.92 Å². The van der Waals surface area contributed by atoms with Gasteiger partial charge in [-0.2, -0.15) is 0 Å². The highest BCUT2D eigenvalue weighted by Gasteiger charge is 2.31. The third kappa shape index (κ3) is 4.60. The van der Waals surface area contributed by atoms with Crippen molar-refractivity contribution in [3.8, 4) is 0 Å². The maximum Gasteiger partial charge on any atom is 0.341 e. The standard InChI is InChI=1S/C22H34N2O3S/c1-5-27-22(26)19-17-12-11-14(2)13-18(17)28-21(19)23-20(25)15(3)24(4)16-9-7-6-8-10-16/h14-16H,5-13H2,1-4H3,(H,23,25)/t14-,15+/m0/s1. The molecule has 1 heterocycles. The normalized spacial score (nSPS) is 21.2. The van der Waals surface area contributed by atoms with Crippen molar-refractivity contribution >= 4 is 28.2 Å². The molecule has 1 aromatic heterocycles. The van der Waals surface area contributed by atoms with Crippen molar-refractivity contribution in [1.82, 2.24) is 4.90 Å². The van der Waals surface area contributed by atoms with Crippen LogP contribution in [-0.2, 0) is 22.4 Å². The van der Waals surface area contributed by atoms with E-state index >= 15 is 0 Å². The highest BCUT2D eigenvalue weighted by Crippen LogP contribution is 2.40. The molecule has 1 amide bonds. The molecule has 0 aromatic carbocycles. The zero-order valence-corrected chi connectivity index (χ0v) is 18.5. The van der Waals surface area contributed by atoms with Crippen LogP contribution in [0.25, 0.3) is 0 Å². The molecule has 2 aliphatic rings. The fraction of sp³-hybridized carbons (Fsp3) is 0.727. The summed E-state index contributed by atoms with van der Waals surface area (Å²) in [7, 11) is 2.05. The van der Waals surface area contributed by atoms with Crippen LogP contribution in [0.5, 0.6) is 0 Å². The lowest BCUT2D eigenvalue weighted by atomic mass is 9.88. The molecule has 28 heavy (non-hydrogen) atoms. The van der Waals surface area contributed by atoms with E-state index in [1.807, 2.05) is 20.9 Å². The maximum absolute atomic E-state index is 13.0. The molecular formula is C22H34N2O3S. The summed E-state index contributed by atoms with van der Waals surface area (Å²) in [6.45, 7) is 6.36. The van der Waals surface area contributed by atoms with Crippen molar-refractivity contribution in [2.24, 2.45) is 5.92 Å². The van der Waals surface area contributed by atoms with Crippen LogP contribution in [0.3, 0.4) is 0 Å². The first-order valence-corrected chi connectivity index (χ1v) is 11.6. The summed E-state index contributed by atoms with van der Waals surface area (Å²) in [4.78, 5) is 29.1. The summed E-state index contributed by atoms with van der Waals surface area (Å²) < 4.78 is 5.31. The molecule has 5 nitrogen and oxygen atoms in total. The highest BCUT2D eigenvalue weighted by atomic mass is 32.1. The molecule has 3 rings (SSSR count). The molecule has 0 bridgehead atoms. The number of anilines is 1. The minimum atomic E-state index is -0.307. The average molecular weight is 407 g/mol. The van der Waals surface area contributed by atoms with Crippen LogP contribution in [0.4, 0.5) is 5.00 Å². The number of carbonyl (C=O) groups is 2. The summed E-state index contributed by atoms with van der Waals surface area (Å²) in [5, 5.41) is 3.75. The first kappa shape index (κ1) is 21.3. The predicted octanol–water partition coefficient (Wildman–Crippen LogP) is 4.64. The Morgan fingerprint density at radius 1 is 1.25 bits per heavy atom. The number of hydrogen-bond donors (Lipinski definition) is 1. The zero-order valence-electron chi connectivity index (χ0n) is 17.7. The van der Waals surface area contributed by atoms with E-state index < -0.39 is 0 Å². The Bertz CT molecular complexity index is 709. The molecule has 6 heteroatoms. The Morgan fingerprint density at radius 2 is 1.96 bits per heavy atom. The molecule has 2 aliphatic carbocycles. The molecule has 1 fully saturated rings. The van der Waals surface area contributed by atoms with E-state index in [1.165, 1.54) is 24.1 Å². The number of thiophene rings is 1. The third-order valence-electron chi connectivity index (χ3n) is 6.37. The van der Waals surface area contributed by atoms with Gasteiger partial charge in [0, 0.05) is 10.9 Å². The van der Waals surface area contributed by atoms with Crippen molar-refractivity contribution in [2.75, 3.05) is 19.0 Å². The van der Waals surface area contributed by atoms with Gasteiger partial charge in [-0.3, -0.25) is 9.69 Å². The van der Waals surface area contributed by atoms with Gasteiger partial charge in [0.15, 0.2) is 0 Å². The third-order valence-corrected chi connectivity index (χ3v) is 7.54. The number of fused-ring (bicyclic) bond motifs is 1. The highest BCUT2D eigenvalue weighted by molar-refractivity contribution is 7.17. The van der Waals surface area contributed by atoms with E-state index in [-0.39, 0.29) is 17.9 Å². The Morgan fingerprint density at radius 3 is 2.64 bits per heavy atom. The number of esters is 1. The SMILES string of the molecule is CCOC(=O)c1c(NC(=O)[C@@H](C)N(C)C2CCCCC2)sc2c1CC[C@H](C)C2. The quantitative estimate of drug-likeness (QED) is 0.699.